The van der Waals surface area contributed by atoms with E-state index >= 15 is 0 Å². The summed E-state index contributed by atoms with van der Waals surface area (Å²) in [6.45, 7) is 7.17. The van der Waals surface area contributed by atoms with Crippen molar-refractivity contribution in [1.29, 1.82) is 0 Å². The van der Waals surface area contributed by atoms with E-state index in [0.29, 0.717) is 6.04 Å². The summed E-state index contributed by atoms with van der Waals surface area (Å²) in [5, 5.41) is 3.51. The van der Waals surface area contributed by atoms with Gasteiger partial charge in [-0.15, -0.1) is 0 Å². The third kappa shape index (κ3) is 4.39. The van der Waals surface area contributed by atoms with E-state index in [4.69, 9.17) is 4.74 Å². The first-order chi connectivity index (χ1) is 9.65. The predicted molar refractivity (Wildman–Crippen MR) is 84.1 cm³/mol. The zero-order valence-corrected chi connectivity index (χ0v) is 12.5. The summed E-state index contributed by atoms with van der Waals surface area (Å²) in [6, 6.07) is 19.0. The molecule has 0 heterocycles. The molecule has 0 spiro atoms. The normalized spacial score (nSPS) is 13.8. The van der Waals surface area contributed by atoms with Crippen molar-refractivity contribution in [1.82, 2.24) is 5.32 Å². The lowest BCUT2D eigenvalue weighted by Gasteiger charge is -2.19. The van der Waals surface area contributed by atoms with Crippen LogP contribution in [0.5, 0.6) is 5.75 Å². The fourth-order valence-corrected chi connectivity index (χ4v) is 2.09. The molecule has 0 bridgehead atoms. The van der Waals surface area contributed by atoms with Gasteiger partial charge in [0.05, 0.1) is 0 Å². The minimum Gasteiger partial charge on any atom is -0.489 e. The molecule has 0 aliphatic heterocycles. The van der Waals surface area contributed by atoms with Gasteiger partial charge in [0.1, 0.15) is 11.9 Å². The van der Waals surface area contributed by atoms with Crippen LogP contribution in [0.4, 0.5) is 0 Å². The van der Waals surface area contributed by atoms with Gasteiger partial charge in [-0.2, -0.15) is 0 Å². The van der Waals surface area contributed by atoms with Gasteiger partial charge in [0, 0.05) is 12.6 Å². The summed E-state index contributed by atoms with van der Waals surface area (Å²) in [4.78, 5) is 0. The average molecular weight is 269 g/mol. The molecule has 0 amide bonds. The maximum atomic E-state index is 5.89. The Balaban J connectivity index is 1.80. The Labute approximate surface area is 121 Å². The van der Waals surface area contributed by atoms with Gasteiger partial charge in [-0.05, 0) is 38.5 Å². The summed E-state index contributed by atoms with van der Waals surface area (Å²) < 4.78 is 5.89. The highest BCUT2D eigenvalue weighted by Gasteiger charge is 2.08. The number of rotatable bonds is 6. The van der Waals surface area contributed by atoms with Gasteiger partial charge in [-0.1, -0.05) is 48.0 Å². The molecule has 1 N–H and O–H groups in total. The van der Waals surface area contributed by atoms with E-state index in [1.165, 1.54) is 11.1 Å². The van der Waals surface area contributed by atoms with Crippen LogP contribution < -0.4 is 10.1 Å². The molecule has 0 saturated carbocycles. The van der Waals surface area contributed by atoms with Crippen molar-refractivity contribution in [2.75, 3.05) is 6.54 Å². The molecule has 0 saturated heterocycles. The minimum absolute atomic E-state index is 0.142. The third-order valence-electron chi connectivity index (χ3n) is 3.37. The van der Waals surface area contributed by atoms with Gasteiger partial charge in [0.15, 0.2) is 0 Å². The maximum absolute atomic E-state index is 5.89. The SMILES string of the molecule is Cc1ccc(O[C@@H](C)CN[C@@H](C)c2ccccc2)cc1. The van der Waals surface area contributed by atoms with E-state index in [0.717, 1.165) is 12.3 Å². The van der Waals surface area contributed by atoms with Crippen LogP contribution in [0, 0.1) is 6.92 Å². The first-order valence-electron chi connectivity index (χ1n) is 7.17. The molecular formula is C18H23NO. The van der Waals surface area contributed by atoms with Gasteiger partial charge in [0.2, 0.25) is 0 Å². The first-order valence-corrected chi connectivity index (χ1v) is 7.17. The highest BCUT2D eigenvalue weighted by Crippen LogP contribution is 2.14. The number of ether oxygens (including phenoxy) is 1. The Morgan fingerprint density at radius 3 is 2.25 bits per heavy atom. The van der Waals surface area contributed by atoms with E-state index in [1.807, 2.05) is 18.2 Å². The standard InChI is InChI=1S/C18H23NO/c1-14-9-11-18(12-10-14)20-15(2)13-19-16(3)17-7-5-4-6-8-17/h4-12,15-16,19H,13H2,1-3H3/t15-,16-/m0/s1. The largest absolute Gasteiger partial charge is 0.489 e. The molecule has 106 valence electrons. The van der Waals surface area contributed by atoms with Gasteiger partial charge in [0.25, 0.3) is 0 Å². The van der Waals surface area contributed by atoms with Gasteiger partial charge in [-0.3, -0.25) is 0 Å². The zero-order chi connectivity index (χ0) is 14.4. The predicted octanol–water partition coefficient (Wildman–Crippen LogP) is 4.11. The lowest BCUT2D eigenvalue weighted by atomic mass is 10.1. The molecule has 2 aromatic carbocycles. The summed E-state index contributed by atoms with van der Waals surface area (Å²) in [7, 11) is 0. The summed E-state index contributed by atoms with van der Waals surface area (Å²) >= 11 is 0. The van der Waals surface area contributed by atoms with E-state index < -0.39 is 0 Å². The quantitative estimate of drug-likeness (QED) is 0.852. The molecule has 20 heavy (non-hydrogen) atoms. The number of aryl methyl sites for hydroxylation is 1. The zero-order valence-electron chi connectivity index (χ0n) is 12.5. The number of benzene rings is 2. The Morgan fingerprint density at radius 2 is 1.60 bits per heavy atom. The van der Waals surface area contributed by atoms with Crippen LogP contribution in [0.2, 0.25) is 0 Å². The van der Waals surface area contributed by atoms with Crippen molar-refractivity contribution < 1.29 is 4.74 Å². The van der Waals surface area contributed by atoms with Crippen molar-refractivity contribution in [3.8, 4) is 5.75 Å². The van der Waals surface area contributed by atoms with Crippen molar-refractivity contribution in [2.24, 2.45) is 0 Å². The topological polar surface area (TPSA) is 21.3 Å². The molecule has 0 radical (unpaired) electrons. The molecule has 0 unspecified atom stereocenters. The van der Waals surface area contributed by atoms with Crippen LogP contribution in [0.15, 0.2) is 54.6 Å². The molecule has 0 aliphatic rings. The molecule has 2 nitrogen and oxygen atoms in total. The first kappa shape index (κ1) is 14.6. The average Bonchev–Trinajstić information content (AvgIpc) is 2.48. The number of hydrogen-bond donors (Lipinski definition) is 1. The van der Waals surface area contributed by atoms with Crippen LogP contribution in [0.1, 0.15) is 31.0 Å². The van der Waals surface area contributed by atoms with Crippen molar-refractivity contribution in [2.45, 2.75) is 32.9 Å². The molecule has 2 atom stereocenters. The second-order valence-electron chi connectivity index (χ2n) is 5.28. The number of hydrogen-bond acceptors (Lipinski definition) is 2. The highest BCUT2D eigenvalue weighted by atomic mass is 16.5. The van der Waals surface area contributed by atoms with Crippen molar-refractivity contribution in [3.63, 3.8) is 0 Å². The molecule has 2 rings (SSSR count). The second-order valence-corrected chi connectivity index (χ2v) is 5.28. The Bertz CT molecular complexity index is 507. The summed E-state index contributed by atoms with van der Waals surface area (Å²) in [5.74, 6) is 0.928. The summed E-state index contributed by atoms with van der Waals surface area (Å²) in [6.07, 6.45) is 0.142. The highest BCUT2D eigenvalue weighted by molar-refractivity contribution is 5.26. The minimum atomic E-state index is 0.142. The third-order valence-corrected chi connectivity index (χ3v) is 3.37. The Hall–Kier alpha value is -1.80. The van der Waals surface area contributed by atoms with Crippen molar-refractivity contribution in [3.05, 3.63) is 65.7 Å². The van der Waals surface area contributed by atoms with Gasteiger partial charge < -0.3 is 10.1 Å². The molecular weight excluding hydrogens is 246 g/mol. The molecule has 2 heteroatoms. The Kier molecular flexibility index (Phi) is 5.19. The lowest BCUT2D eigenvalue weighted by Crippen LogP contribution is -2.30. The van der Waals surface area contributed by atoms with Crippen molar-refractivity contribution >= 4 is 0 Å². The molecule has 0 aliphatic carbocycles. The van der Waals surface area contributed by atoms with E-state index in [9.17, 15) is 0 Å². The van der Waals surface area contributed by atoms with Gasteiger partial charge >= 0.3 is 0 Å². The lowest BCUT2D eigenvalue weighted by molar-refractivity contribution is 0.212. The monoisotopic (exact) mass is 269 g/mol. The fraction of sp³-hybridized carbons (Fsp3) is 0.333. The van der Waals surface area contributed by atoms with E-state index in [2.05, 4.69) is 62.5 Å². The van der Waals surface area contributed by atoms with Crippen LogP contribution in [-0.2, 0) is 0 Å². The molecule has 2 aromatic rings. The van der Waals surface area contributed by atoms with Crippen LogP contribution in [0.25, 0.3) is 0 Å². The van der Waals surface area contributed by atoms with Crippen LogP contribution >= 0.6 is 0 Å². The van der Waals surface area contributed by atoms with Crippen LogP contribution in [-0.4, -0.2) is 12.6 Å². The van der Waals surface area contributed by atoms with E-state index in [1.54, 1.807) is 0 Å². The molecule has 0 fully saturated rings. The summed E-state index contributed by atoms with van der Waals surface area (Å²) in [5.41, 5.74) is 2.55. The Morgan fingerprint density at radius 1 is 0.950 bits per heavy atom. The molecule has 0 aromatic heterocycles. The smallest absolute Gasteiger partial charge is 0.119 e. The van der Waals surface area contributed by atoms with Crippen LogP contribution in [0.3, 0.4) is 0 Å². The van der Waals surface area contributed by atoms with E-state index in [-0.39, 0.29) is 6.10 Å². The second kappa shape index (κ2) is 7.11. The number of nitrogens with one attached hydrogen (secondary N) is 1. The van der Waals surface area contributed by atoms with Gasteiger partial charge in [-0.25, -0.2) is 0 Å². The maximum Gasteiger partial charge on any atom is 0.119 e. The fourth-order valence-electron chi connectivity index (χ4n) is 2.09.